The molecule has 1 saturated heterocycles. The van der Waals surface area contributed by atoms with E-state index in [2.05, 4.69) is 40.0 Å². The van der Waals surface area contributed by atoms with E-state index >= 15 is 0 Å². The normalized spacial score (nSPS) is 25.3. The Bertz CT molecular complexity index is 404. The minimum absolute atomic E-state index is 0.164. The van der Waals surface area contributed by atoms with Crippen LogP contribution in [0.5, 0.6) is 0 Å². The molecule has 1 N–H and O–H groups in total. The lowest BCUT2D eigenvalue weighted by atomic mass is 9.93. The third-order valence-electron chi connectivity index (χ3n) is 3.89. The summed E-state index contributed by atoms with van der Waals surface area (Å²) in [6.07, 6.45) is 1.09. The van der Waals surface area contributed by atoms with Gasteiger partial charge in [0.15, 0.2) is 0 Å². The average molecular weight is 315 g/mol. The van der Waals surface area contributed by atoms with Gasteiger partial charge in [0, 0.05) is 36.2 Å². The molecule has 1 fully saturated rings. The van der Waals surface area contributed by atoms with Gasteiger partial charge >= 0.3 is 0 Å². The van der Waals surface area contributed by atoms with Crippen LogP contribution in [0, 0.1) is 5.82 Å². The Labute approximate surface area is 117 Å². The maximum Gasteiger partial charge on any atom is 0.124 e. The number of hydrogen-bond donors (Lipinski definition) is 1. The summed E-state index contributed by atoms with van der Waals surface area (Å²) in [6, 6.07) is 5.13. The van der Waals surface area contributed by atoms with Crippen LogP contribution in [-0.2, 0) is 6.54 Å². The molecule has 0 bridgehead atoms. The molecule has 0 aliphatic carbocycles. The number of nitrogens with zero attached hydrogens (tertiary/aromatic N) is 1. The maximum absolute atomic E-state index is 13.4. The van der Waals surface area contributed by atoms with E-state index < -0.39 is 0 Å². The van der Waals surface area contributed by atoms with Gasteiger partial charge in [0.1, 0.15) is 5.82 Å². The van der Waals surface area contributed by atoms with Gasteiger partial charge in [0.2, 0.25) is 0 Å². The summed E-state index contributed by atoms with van der Waals surface area (Å²) in [4.78, 5) is 2.45. The van der Waals surface area contributed by atoms with Crippen LogP contribution in [0.2, 0.25) is 0 Å². The molecular formula is C14H20BrFN2. The summed E-state index contributed by atoms with van der Waals surface area (Å²) in [7, 11) is 0. The first kappa shape index (κ1) is 14.0. The van der Waals surface area contributed by atoms with Gasteiger partial charge in [-0.3, -0.25) is 4.90 Å². The van der Waals surface area contributed by atoms with Gasteiger partial charge in [0.05, 0.1) is 0 Å². The Kier molecular flexibility index (Phi) is 4.41. The highest BCUT2D eigenvalue weighted by molar-refractivity contribution is 9.10. The van der Waals surface area contributed by atoms with E-state index in [1.165, 1.54) is 6.07 Å². The van der Waals surface area contributed by atoms with Crippen LogP contribution < -0.4 is 5.32 Å². The molecule has 1 aromatic rings. The van der Waals surface area contributed by atoms with E-state index in [4.69, 9.17) is 0 Å². The third kappa shape index (κ3) is 3.11. The summed E-state index contributed by atoms with van der Waals surface area (Å²) in [5.41, 5.74) is 1.19. The predicted octanol–water partition coefficient (Wildman–Crippen LogP) is 3.16. The van der Waals surface area contributed by atoms with Gasteiger partial charge in [-0.2, -0.15) is 0 Å². The van der Waals surface area contributed by atoms with Gasteiger partial charge in [-0.15, -0.1) is 0 Å². The van der Waals surface area contributed by atoms with Crippen molar-refractivity contribution in [3.05, 3.63) is 34.1 Å². The standard InChI is InChI=1S/C14H20BrFN2/c1-3-14(2)10-17-4-5-18(14)9-11-6-12(15)8-13(16)7-11/h6-8,17H,3-5,9-10H2,1-2H3. The molecular weight excluding hydrogens is 295 g/mol. The molecule has 2 nitrogen and oxygen atoms in total. The lowest BCUT2D eigenvalue weighted by Gasteiger charge is -2.45. The highest BCUT2D eigenvalue weighted by atomic mass is 79.9. The van der Waals surface area contributed by atoms with Crippen molar-refractivity contribution in [1.82, 2.24) is 10.2 Å². The maximum atomic E-state index is 13.4. The summed E-state index contributed by atoms with van der Waals surface area (Å²) < 4.78 is 14.2. The van der Waals surface area contributed by atoms with Gasteiger partial charge in [-0.1, -0.05) is 22.9 Å². The van der Waals surface area contributed by atoms with E-state index in [-0.39, 0.29) is 11.4 Å². The number of hydrogen-bond acceptors (Lipinski definition) is 2. The van der Waals surface area contributed by atoms with Crippen LogP contribution in [-0.4, -0.2) is 30.1 Å². The summed E-state index contributed by atoms with van der Waals surface area (Å²) in [6.45, 7) is 8.31. The molecule has 100 valence electrons. The lowest BCUT2D eigenvalue weighted by Crippen LogP contribution is -2.58. The number of rotatable bonds is 3. The molecule has 1 aliphatic rings. The number of benzene rings is 1. The topological polar surface area (TPSA) is 15.3 Å². The average Bonchev–Trinajstić information content (AvgIpc) is 2.31. The van der Waals surface area contributed by atoms with Gasteiger partial charge in [-0.25, -0.2) is 4.39 Å². The fourth-order valence-electron chi connectivity index (χ4n) is 2.49. The SMILES string of the molecule is CCC1(C)CNCCN1Cc1cc(F)cc(Br)c1. The van der Waals surface area contributed by atoms with Crippen LogP contribution in [0.15, 0.2) is 22.7 Å². The molecule has 1 atom stereocenters. The van der Waals surface area contributed by atoms with Crippen LogP contribution in [0.3, 0.4) is 0 Å². The van der Waals surface area contributed by atoms with E-state index in [9.17, 15) is 4.39 Å². The van der Waals surface area contributed by atoms with Crippen LogP contribution in [0.25, 0.3) is 0 Å². The Morgan fingerprint density at radius 2 is 2.22 bits per heavy atom. The second kappa shape index (κ2) is 5.68. The zero-order chi connectivity index (χ0) is 13.2. The van der Waals surface area contributed by atoms with E-state index in [1.807, 2.05) is 6.07 Å². The smallest absolute Gasteiger partial charge is 0.124 e. The molecule has 0 amide bonds. The third-order valence-corrected chi connectivity index (χ3v) is 4.34. The highest BCUT2D eigenvalue weighted by Crippen LogP contribution is 2.24. The van der Waals surface area contributed by atoms with Crippen LogP contribution >= 0.6 is 15.9 Å². The minimum atomic E-state index is -0.173. The largest absolute Gasteiger partial charge is 0.314 e. The molecule has 2 rings (SSSR count). The monoisotopic (exact) mass is 314 g/mol. The van der Waals surface area contributed by atoms with E-state index in [0.717, 1.165) is 42.6 Å². The fraction of sp³-hybridized carbons (Fsp3) is 0.571. The molecule has 1 aliphatic heterocycles. The fourth-order valence-corrected chi connectivity index (χ4v) is 3.01. The Morgan fingerprint density at radius 3 is 2.89 bits per heavy atom. The van der Waals surface area contributed by atoms with Gasteiger partial charge in [0.25, 0.3) is 0 Å². The summed E-state index contributed by atoms with van der Waals surface area (Å²) >= 11 is 3.35. The second-order valence-electron chi connectivity index (χ2n) is 5.23. The molecule has 0 saturated carbocycles. The van der Waals surface area contributed by atoms with E-state index in [0.29, 0.717) is 0 Å². The molecule has 1 unspecified atom stereocenters. The number of halogens is 2. The second-order valence-corrected chi connectivity index (χ2v) is 6.14. The van der Waals surface area contributed by atoms with Crippen molar-refractivity contribution in [3.8, 4) is 0 Å². The Morgan fingerprint density at radius 1 is 1.44 bits per heavy atom. The molecule has 0 radical (unpaired) electrons. The van der Waals surface area contributed by atoms with Crippen LogP contribution in [0.4, 0.5) is 4.39 Å². The minimum Gasteiger partial charge on any atom is -0.314 e. The Balaban J connectivity index is 2.16. The van der Waals surface area contributed by atoms with Crippen molar-refractivity contribution >= 4 is 15.9 Å². The van der Waals surface area contributed by atoms with Crippen molar-refractivity contribution < 1.29 is 4.39 Å². The molecule has 18 heavy (non-hydrogen) atoms. The quantitative estimate of drug-likeness (QED) is 0.922. The van der Waals surface area contributed by atoms with Crippen LogP contribution in [0.1, 0.15) is 25.8 Å². The lowest BCUT2D eigenvalue weighted by molar-refractivity contribution is 0.0636. The van der Waals surface area contributed by atoms with Gasteiger partial charge < -0.3 is 5.32 Å². The van der Waals surface area contributed by atoms with Crippen molar-refractivity contribution in [1.29, 1.82) is 0 Å². The summed E-state index contributed by atoms with van der Waals surface area (Å²) in [5.74, 6) is -0.173. The molecule has 4 heteroatoms. The van der Waals surface area contributed by atoms with Gasteiger partial charge in [-0.05, 0) is 37.1 Å². The zero-order valence-corrected chi connectivity index (χ0v) is 12.6. The highest BCUT2D eigenvalue weighted by Gasteiger charge is 2.32. The van der Waals surface area contributed by atoms with Crippen molar-refractivity contribution in [2.45, 2.75) is 32.4 Å². The predicted molar refractivity (Wildman–Crippen MR) is 76.1 cm³/mol. The van der Waals surface area contributed by atoms with Crippen molar-refractivity contribution in [3.63, 3.8) is 0 Å². The molecule has 0 spiro atoms. The molecule has 1 heterocycles. The first-order chi connectivity index (χ1) is 8.53. The van der Waals surface area contributed by atoms with E-state index in [1.54, 1.807) is 6.07 Å². The zero-order valence-electron chi connectivity index (χ0n) is 11.0. The number of piperazine rings is 1. The number of nitrogens with one attached hydrogen (secondary N) is 1. The molecule has 0 aromatic heterocycles. The first-order valence-electron chi connectivity index (χ1n) is 6.44. The Hall–Kier alpha value is -0.450. The summed E-state index contributed by atoms with van der Waals surface area (Å²) in [5, 5.41) is 3.44. The van der Waals surface area contributed by atoms with Crippen molar-refractivity contribution in [2.75, 3.05) is 19.6 Å². The molecule has 1 aromatic carbocycles. The van der Waals surface area contributed by atoms with Crippen molar-refractivity contribution in [2.24, 2.45) is 0 Å². The first-order valence-corrected chi connectivity index (χ1v) is 7.23.